The Morgan fingerprint density at radius 1 is 1.21 bits per heavy atom. The van der Waals surface area contributed by atoms with Crippen LogP contribution in [-0.2, 0) is 4.79 Å². The molecule has 1 aliphatic heterocycles. The van der Waals surface area contributed by atoms with E-state index in [1.165, 1.54) is 12.1 Å². The fourth-order valence-corrected chi connectivity index (χ4v) is 3.86. The molecule has 0 aliphatic carbocycles. The third-order valence-corrected chi connectivity index (χ3v) is 5.52. The number of benzene rings is 1. The molecule has 6 nitrogen and oxygen atoms in total. The molecule has 1 amide bonds. The normalized spacial score (nSPS) is 15.3. The SMILES string of the molecule is CCCN1CCN(CC(=O)Nc2c(C#N)c(C)c(C)n2-c2cccc(F)c2)CC1. The van der Waals surface area contributed by atoms with Crippen LogP contribution in [0.3, 0.4) is 0 Å². The molecule has 0 bridgehead atoms. The van der Waals surface area contributed by atoms with Gasteiger partial charge in [0, 0.05) is 31.9 Å². The van der Waals surface area contributed by atoms with Gasteiger partial charge in [0.15, 0.2) is 0 Å². The monoisotopic (exact) mass is 397 g/mol. The minimum Gasteiger partial charge on any atom is -0.310 e. The van der Waals surface area contributed by atoms with Crippen LogP contribution in [0.25, 0.3) is 5.69 Å². The molecule has 1 fully saturated rings. The fourth-order valence-electron chi connectivity index (χ4n) is 3.86. The highest BCUT2D eigenvalue weighted by Gasteiger charge is 2.23. The molecule has 1 saturated heterocycles. The van der Waals surface area contributed by atoms with Crippen molar-refractivity contribution in [2.45, 2.75) is 27.2 Å². The van der Waals surface area contributed by atoms with E-state index >= 15 is 0 Å². The standard InChI is InChI=1S/C22H28FN5O/c1-4-8-26-9-11-27(12-10-26)15-21(29)25-22-20(14-24)16(2)17(3)28(22)19-7-5-6-18(23)13-19/h5-7,13H,4,8-12,15H2,1-3H3,(H,25,29). The summed E-state index contributed by atoms with van der Waals surface area (Å²) in [6.45, 7) is 10.9. The van der Waals surface area contributed by atoms with Crippen molar-refractivity contribution in [3.8, 4) is 11.8 Å². The first-order valence-corrected chi connectivity index (χ1v) is 10.1. The molecule has 1 N–H and O–H groups in total. The number of anilines is 1. The highest BCUT2D eigenvalue weighted by molar-refractivity contribution is 5.93. The average molecular weight is 397 g/mol. The molecule has 0 radical (unpaired) electrons. The summed E-state index contributed by atoms with van der Waals surface area (Å²) in [5, 5.41) is 12.6. The number of nitriles is 1. The van der Waals surface area contributed by atoms with Gasteiger partial charge in [-0.05, 0) is 50.6 Å². The van der Waals surface area contributed by atoms with Crippen LogP contribution < -0.4 is 5.32 Å². The Balaban J connectivity index is 1.79. The Hall–Kier alpha value is -2.69. The topological polar surface area (TPSA) is 64.3 Å². The van der Waals surface area contributed by atoms with Gasteiger partial charge in [0.25, 0.3) is 0 Å². The van der Waals surface area contributed by atoms with E-state index in [4.69, 9.17) is 0 Å². The van der Waals surface area contributed by atoms with Crippen molar-refractivity contribution in [2.75, 3.05) is 44.6 Å². The second-order valence-corrected chi connectivity index (χ2v) is 7.53. The van der Waals surface area contributed by atoms with E-state index in [0.29, 0.717) is 17.1 Å². The number of rotatable bonds is 6. The van der Waals surface area contributed by atoms with Crippen LogP contribution >= 0.6 is 0 Å². The molecule has 1 aliphatic rings. The molecular formula is C22H28FN5O. The maximum atomic E-state index is 13.8. The van der Waals surface area contributed by atoms with Gasteiger partial charge in [-0.2, -0.15) is 5.26 Å². The number of carbonyl (C=O) groups excluding carboxylic acids is 1. The summed E-state index contributed by atoms with van der Waals surface area (Å²) in [4.78, 5) is 17.3. The second kappa shape index (κ2) is 9.21. The summed E-state index contributed by atoms with van der Waals surface area (Å²) >= 11 is 0. The number of piperazine rings is 1. The van der Waals surface area contributed by atoms with Crippen molar-refractivity contribution < 1.29 is 9.18 Å². The summed E-state index contributed by atoms with van der Waals surface area (Å²) in [6.07, 6.45) is 1.13. The molecule has 1 aromatic heterocycles. The molecule has 0 saturated carbocycles. The molecule has 0 atom stereocenters. The number of halogens is 1. The lowest BCUT2D eigenvalue weighted by molar-refractivity contribution is -0.117. The van der Waals surface area contributed by atoms with Gasteiger partial charge in [0.05, 0.1) is 17.8 Å². The van der Waals surface area contributed by atoms with Gasteiger partial charge in [0.2, 0.25) is 5.91 Å². The predicted molar refractivity (Wildman–Crippen MR) is 112 cm³/mol. The van der Waals surface area contributed by atoms with Gasteiger partial charge in [-0.25, -0.2) is 4.39 Å². The van der Waals surface area contributed by atoms with Crippen LogP contribution in [0.15, 0.2) is 24.3 Å². The molecule has 0 spiro atoms. The number of nitrogens with one attached hydrogen (secondary N) is 1. The van der Waals surface area contributed by atoms with Crippen molar-refractivity contribution in [3.05, 3.63) is 46.9 Å². The third kappa shape index (κ3) is 4.66. The zero-order valence-electron chi connectivity index (χ0n) is 17.3. The largest absolute Gasteiger partial charge is 0.310 e. The van der Waals surface area contributed by atoms with Gasteiger partial charge in [-0.15, -0.1) is 0 Å². The minimum absolute atomic E-state index is 0.166. The van der Waals surface area contributed by atoms with Crippen LogP contribution in [0.4, 0.5) is 10.2 Å². The number of nitrogens with zero attached hydrogens (tertiary/aromatic N) is 4. The van der Waals surface area contributed by atoms with Gasteiger partial charge in [-0.3, -0.25) is 14.3 Å². The third-order valence-electron chi connectivity index (χ3n) is 5.52. The van der Waals surface area contributed by atoms with Crippen molar-refractivity contribution in [1.82, 2.24) is 14.4 Å². The van der Waals surface area contributed by atoms with Crippen molar-refractivity contribution in [3.63, 3.8) is 0 Å². The zero-order valence-corrected chi connectivity index (χ0v) is 17.3. The summed E-state index contributed by atoms with van der Waals surface area (Å²) in [5.74, 6) is -0.127. The van der Waals surface area contributed by atoms with Crippen molar-refractivity contribution >= 4 is 11.7 Å². The Bertz CT molecular complexity index is 922. The molecule has 154 valence electrons. The maximum absolute atomic E-state index is 13.8. The Morgan fingerprint density at radius 3 is 2.52 bits per heavy atom. The van der Waals surface area contributed by atoms with E-state index in [1.807, 2.05) is 13.8 Å². The smallest absolute Gasteiger partial charge is 0.239 e. The summed E-state index contributed by atoms with van der Waals surface area (Å²) in [7, 11) is 0. The van der Waals surface area contributed by atoms with Crippen molar-refractivity contribution in [2.24, 2.45) is 0 Å². The molecular weight excluding hydrogens is 369 g/mol. The fraction of sp³-hybridized carbons (Fsp3) is 0.455. The quantitative estimate of drug-likeness (QED) is 0.814. The Morgan fingerprint density at radius 2 is 1.90 bits per heavy atom. The molecule has 3 rings (SSSR count). The Kier molecular flexibility index (Phi) is 6.68. The van der Waals surface area contributed by atoms with E-state index in [1.54, 1.807) is 16.7 Å². The molecule has 2 heterocycles. The van der Waals surface area contributed by atoms with E-state index < -0.39 is 0 Å². The van der Waals surface area contributed by atoms with Crippen LogP contribution in [0, 0.1) is 31.0 Å². The van der Waals surface area contributed by atoms with Gasteiger partial charge < -0.3 is 10.2 Å². The first-order chi connectivity index (χ1) is 13.9. The molecule has 2 aromatic rings. The van der Waals surface area contributed by atoms with Crippen LogP contribution in [0.5, 0.6) is 0 Å². The van der Waals surface area contributed by atoms with Gasteiger partial charge >= 0.3 is 0 Å². The van der Waals surface area contributed by atoms with E-state index in [0.717, 1.165) is 50.4 Å². The maximum Gasteiger partial charge on any atom is 0.239 e. The van der Waals surface area contributed by atoms with E-state index in [2.05, 4.69) is 28.1 Å². The molecule has 29 heavy (non-hydrogen) atoms. The number of carbonyl (C=O) groups is 1. The van der Waals surface area contributed by atoms with Gasteiger partial charge in [-0.1, -0.05) is 13.0 Å². The zero-order chi connectivity index (χ0) is 21.0. The highest BCUT2D eigenvalue weighted by Crippen LogP contribution is 2.30. The van der Waals surface area contributed by atoms with Crippen LogP contribution in [0.1, 0.15) is 30.2 Å². The van der Waals surface area contributed by atoms with E-state index in [-0.39, 0.29) is 18.3 Å². The lowest BCUT2D eigenvalue weighted by Crippen LogP contribution is -2.48. The van der Waals surface area contributed by atoms with Crippen molar-refractivity contribution in [1.29, 1.82) is 5.26 Å². The lowest BCUT2D eigenvalue weighted by Gasteiger charge is -2.34. The summed E-state index contributed by atoms with van der Waals surface area (Å²) in [5.41, 5.74) is 2.57. The van der Waals surface area contributed by atoms with Gasteiger partial charge in [0.1, 0.15) is 17.7 Å². The minimum atomic E-state index is -0.367. The van der Waals surface area contributed by atoms with E-state index in [9.17, 15) is 14.4 Å². The highest BCUT2D eigenvalue weighted by atomic mass is 19.1. The summed E-state index contributed by atoms with van der Waals surface area (Å²) in [6, 6.07) is 8.34. The molecule has 7 heteroatoms. The summed E-state index contributed by atoms with van der Waals surface area (Å²) < 4.78 is 15.5. The molecule has 0 unspecified atom stereocenters. The lowest BCUT2D eigenvalue weighted by atomic mass is 10.2. The first kappa shape index (κ1) is 21.0. The number of hydrogen-bond acceptors (Lipinski definition) is 4. The second-order valence-electron chi connectivity index (χ2n) is 7.53. The number of aromatic nitrogens is 1. The average Bonchev–Trinajstić information content (AvgIpc) is 2.93. The number of hydrogen-bond donors (Lipinski definition) is 1. The first-order valence-electron chi connectivity index (χ1n) is 10.1. The van der Waals surface area contributed by atoms with Crippen LogP contribution in [-0.4, -0.2) is 59.5 Å². The number of amides is 1. The predicted octanol–water partition coefficient (Wildman–Crippen LogP) is 3.07. The molecule has 1 aromatic carbocycles. The van der Waals surface area contributed by atoms with Crippen LogP contribution in [0.2, 0.25) is 0 Å². The Labute approximate surface area is 171 Å².